The number of carbonyl (C=O) groups is 1. The van der Waals surface area contributed by atoms with Crippen LogP contribution in [0.1, 0.15) is 13.8 Å². The maximum Gasteiger partial charge on any atom is 0.252 e. The van der Waals surface area contributed by atoms with E-state index >= 15 is 0 Å². The smallest absolute Gasteiger partial charge is 0.252 e. The topological polar surface area (TPSA) is 79.4 Å². The van der Waals surface area contributed by atoms with Gasteiger partial charge in [-0.15, -0.1) is 0 Å². The Balaban J connectivity index is 2.66. The Labute approximate surface area is 115 Å². The van der Waals surface area contributed by atoms with Crippen LogP contribution in [0.15, 0.2) is 10.4 Å². The highest BCUT2D eigenvalue weighted by molar-refractivity contribution is 7.91. The lowest BCUT2D eigenvalue weighted by Crippen LogP contribution is -2.39. The van der Waals surface area contributed by atoms with Gasteiger partial charge in [0.2, 0.25) is 5.91 Å². The molecule has 0 spiro atoms. The van der Waals surface area contributed by atoms with Gasteiger partial charge in [-0.1, -0.05) is 22.9 Å². The molecule has 0 unspecified atom stereocenters. The van der Waals surface area contributed by atoms with Gasteiger partial charge >= 0.3 is 0 Å². The number of nitrogens with zero attached hydrogens (tertiary/aromatic N) is 2. The Morgan fingerprint density at radius 2 is 2.11 bits per heavy atom. The summed E-state index contributed by atoms with van der Waals surface area (Å²) < 4.78 is 25.9. The molecular formula is C9H14ClN3O3S2. The minimum Gasteiger partial charge on any atom is -0.342 e. The molecule has 0 aliphatic heterocycles. The van der Waals surface area contributed by atoms with Crippen molar-refractivity contribution >= 4 is 38.9 Å². The van der Waals surface area contributed by atoms with Crippen LogP contribution < -0.4 is 4.72 Å². The zero-order valence-electron chi connectivity index (χ0n) is 10.0. The zero-order valence-corrected chi connectivity index (χ0v) is 12.4. The van der Waals surface area contributed by atoms with Crippen molar-refractivity contribution in [3.63, 3.8) is 0 Å². The molecule has 0 aliphatic carbocycles. The molecule has 0 saturated carbocycles. The monoisotopic (exact) mass is 311 g/mol. The second-order valence-electron chi connectivity index (χ2n) is 3.32. The van der Waals surface area contributed by atoms with Crippen molar-refractivity contribution in [2.75, 3.05) is 19.6 Å². The molecule has 6 nitrogen and oxygen atoms in total. The average molecular weight is 312 g/mol. The van der Waals surface area contributed by atoms with Gasteiger partial charge < -0.3 is 4.90 Å². The zero-order chi connectivity index (χ0) is 13.8. The standard InChI is InChI=1S/C9H14ClN3O3S2/c1-3-13(4-2)7(14)5-12-18(15,16)8-6-11-9(10)17-8/h6,12H,3-5H2,1-2H3. The van der Waals surface area contributed by atoms with Crippen molar-refractivity contribution in [2.24, 2.45) is 0 Å². The Morgan fingerprint density at radius 1 is 1.50 bits per heavy atom. The normalized spacial score (nSPS) is 11.5. The van der Waals surface area contributed by atoms with E-state index in [4.69, 9.17) is 11.6 Å². The van der Waals surface area contributed by atoms with Crippen LogP contribution in [0.25, 0.3) is 0 Å². The summed E-state index contributed by atoms with van der Waals surface area (Å²) in [6, 6.07) is 0. The maximum absolute atomic E-state index is 11.8. The van der Waals surface area contributed by atoms with E-state index in [0.717, 1.165) is 17.5 Å². The Bertz CT molecular complexity index is 511. The fourth-order valence-electron chi connectivity index (χ4n) is 1.28. The molecule has 1 aromatic rings. The van der Waals surface area contributed by atoms with Gasteiger partial charge in [0.25, 0.3) is 10.0 Å². The lowest BCUT2D eigenvalue weighted by atomic mass is 10.4. The van der Waals surface area contributed by atoms with Crippen molar-refractivity contribution in [3.8, 4) is 0 Å². The first-order chi connectivity index (χ1) is 8.40. The second kappa shape index (κ2) is 6.46. The third-order valence-corrected chi connectivity index (χ3v) is 5.23. The van der Waals surface area contributed by atoms with Crippen LogP contribution in [0.5, 0.6) is 0 Å². The molecule has 1 amide bonds. The molecule has 0 radical (unpaired) electrons. The lowest BCUT2D eigenvalue weighted by molar-refractivity contribution is -0.129. The third kappa shape index (κ3) is 3.91. The van der Waals surface area contributed by atoms with Gasteiger partial charge in [0.15, 0.2) is 8.68 Å². The summed E-state index contributed by atoms with van der Waals surface area (Å²) in [5, 5.41) is 0. The number of nitrogens with one attached hydrogen (secondary N) is 1. The van der Waals surface area contributed by atoms with E-state index in [2.05, 4.69) is 9.71 Å². The predicted octanol–water partition coefficient (Wildman–Crippen LogP) is 0.943. The molecular weight excluding hydrogens is 298 g/mol. The fraction of sp³-hybridized carbons (Fsp3) is 0.556. The van der Waals surface area contributed by atoms with Crippen LogP contribution in [0.4, 0.5) is 0 Å². The van der Waals surface area contributed by atoms with E-state index in [1.165, 1.54) is 0 Å². The second-order valence-corrected chi connectivity index (χ2v) is 6.93. The number of hydrogen-bond acceptors (Lipinski definition) is 5. The Morgan fingerprint density at radius 3 is 2.56 bits per heavy atom. The summed E-state index contributed by atoms with van der Waals surface area (Å²) in [6.07, 6.45) is 1.16. The van der Waals surface area contributed by atoms with Gasteiger partial charge in [-0.2, -0.15) is 0 Å². The average Bonchev–Trinajstić information content (AvgIpc) is 2.76. The van der Waals surface area contributed by atoms with E-state index in [1.54, 1.807) is 4.90 Å². The summed E-state index contributed by atoms with van der Waals surface area (Å²) in [5.41, 5.74) is 0. The predicted molar refractivity (Wildman–Crippen MR) is 70.2 cm³/mol. The molecule has 0 bridgehead atoms. The molecule has 0 aliphatic rings. The molecule has 9 heteroatoms. The molecule has 1 rings (SSSR count). The van der Waals surface area contributed by atoms with Gasteiger partial charge in [0.1, 0.15) is 0 Å². The summed E-state index contributed by atoms with van der Waals surface area (Å²) >= 11 is 6.41. The molecule has 1 aromatic heterocycles. The van der Waals surface area contributed by atoms with E-state index < -0.39 is 10.0 Å². The van der Waals surface area contributed by atoms with Crippen LogP contribution in [-0.2, 0) is 14.8 Å². The SMILES string of the molecule is CCN(CC)C(=O)CNS(=O)(=O)c1cnc(Cl)s1. The fourth-order valence-corrected chi connectivity index (χ4v) is 3.59. The summed E-state index contributed by atoms with van der Waals surface area (Å²) in [4.78, 5) is 16.8. The van der Waals surface area contributed by atoms with Gasteiger partial charge in [-0.25, -0.2) is 18.1 Å². The quantitative estimate of drug-likeness (QED) is 0.848. The van der Waals surface area contributed by atoms with Crippen LogP contribution in [0.2, 0.25) is 4.47 Å². The van der Waals surface area contributed by atoms with E-state index in [0.29, 0.717) is 13.1 Å². The molecule has 102 valence electrons. The van der Waals surface area contributed by atoms with Crippen LogP contribution in [-0.4, -0.2) is 43.8 Å². The van der Waals surface area contributed by atoms with Crippen molar-refractivity contribution in [1.29, 1.82) is 0 Å². The number of sulfonamides is 1. The highest BCUT2D eigenvalue weighted by Crippen LogP contribution is 2.21. The summed E-state index contributed by atoms with van der Waals surface area (Å²) in [5.74, 6) is -0.265. The lowest BCUT2D eigenvalue weighted by Gasteiger charge is -2.18. The van der Waals surface area contributed by atoms with Gasteiger partial charge in [0, 0.05) is 13.1 Å². The minimum atomic E-state index is -3.71. The highest BCUT2D eigenvalue weighted by atomic mass is 35.5. The van der Waals surface area contributed by atoms with Gasteiger partial charge in [-0.05, 0) is 13.8 Å². The maximum atomic E-state index is 11.8. The first-order valence-corrected chi connectivity index (χ1v) is 7.97. The molecule has 18 heavy (non-hydrogen) atoms. The highest BCUT2D eigenvalue weighted by Gasteiger charge is 2.19. The number of thiazole rings is 1. The molecule has 0 fully saturated rings. The number of halogens is 1. The molecule has 0 aromatic carbocycles. The van der Waals surface area contributed by atoms with Crippen molar-refractivity contribution in [3.05, 3.63) is 10.7 Å². The van der Waals surface area contributed by atoms with Crippen LogP contribution in [0.3, 0.4) is 0 Å². The minimum absolute atomic E-state index is 0.000142. The number of hydrogen-bond donors (Lipinski definition) is 1. The van der Waals surface area contributed by atoms with Crippen LogP contribution >= 0.6 is 22.9 Å². The van der Waals surface area contributed by atoms with Gasteiger partial charge in [0.05, 0.1) is 12.7 Å². The number of aromatic nitrogens is 1. The van der Waals surface area contributed by atoms with Crippen LogP contribution in [0, 0.1) is 0 Å². The third-order valence-electron chi connectivity index (χ3n) is 2.25. The summed E-state index contributed by atoms with van der Waals surface area (Å²) in [6.45, 7) is 4.49. The van der Waals surface area contributed by atoms with E-state index in [9.17, 15) is 13.2 Å². The number of rotatable bonds is 6. The molecule has 1 N–H and O–H groups in total. The van der Waals surface area contributed by atoms with Crippen molar-refractivity contribution < 1.29 is 13.2 Å². The number of amides is 1. The Hall–Kier alpha value is -0.700. The Kier molecular flexibility index (Phi) is 5.51. The largest absolute Gasteiger partial charge is 0.342 e. The molecule has 0 saturated heterocycles. The first kappa shape index (κ1) is 15.4. The van der Waals surface area contributed by atoms with Crippen molar-refractivity contribution in [1.82, 2.24) is 14.6 Å². The molecule has 1 heterocycles. The number of likely N-dealkylation sites (N-methyl/N-ethyl adjacent to an activating group) is 1. The van der Waals surface area contributed by atoms with E-state index in [1.807, 2.05) is 13.8 Å². The van der Waals surface area contributed by atoms with Gasteiger partial charge in [-0.3, -0.25) is 4.79 Å². The van der Waals surface area contributed by atoms with E-state index in [-0.39, 0.29) is 21.1 Å². The summed E-state index contributed by atoms with van der Waals surface area (Å²) in [7, 11) is -3.71. The molecule has 0 atom stereocenters. The number of carbonyl (C=O) groups excluding carboxylic acids is 1. The van der Waals surface area contributed by atoms with Crippen molar-refractivity contribution in [2.45, 2.75) is 18.1 Å². The first-order valence-electron chi connectivity index (χ1n) is 5.29.